The molecule has 1 rings (SSSR count). The van der Waals surface area contributed by atoms with Crippen molar-refractivity contribution in [3.8, 4) is 0 Å². The highest BCUT2D eigenvalue weighted by Crippen LogP contribution is 1.91. The highest BCUT2D eigenvalue weighted by atomic mass is 16.2. The summed E-state index contributed by atoms with van der Waals surface area (Å²) in [7, 11) is 0. The molecule has 0 aliphatic rings. The van der Waals surface area contributed by atoms with Gasteiger partial charge in [0, 0.05) is 6.54 Å². The van der Waals surface area contributed by atoms with Crippen LogP contribution in [0.3, 0.4) is 0 Å². The number of amides is 2. The maximum atomic E-state index is 11.1. The third-order valence-corrected chi connectivity index (χ3v) is 1.26. The molecule has 14 heavy (non-hydrogen) atoms. The normalized spacial score (nSPS) is 9.14. The number of aromatic nitrogens is 3. The van der Waals surface area contributed by atoms with E-state index in [4.69, 9.17) is 0 Å². The zero-order valence-corrected chi connectivity index (χ0v) is 7.28. The molecule has 7 heteroatoms. The standard InChI is InChI=1S/C7H9N5O2/c1-2-3-8-5(13)6(14)11-7-9-4-10-12-7/h2,4H,1,3H2,(H,8,13)(H2,9,10,11,12,14). The summed E-state index contributed by atoms with van der Waals surface area (Å²) >= 11 is 0. The van der Waals surface area contributed by atoms with Crippen molar-refractivity contribution >= 4 is 17.8 Å². The molecule has 3 N–H and O–H groups in total. The fourth-order valence-corrected chi connectivity index (χ4v) is 0.675. The lowest BCUT2D eigenvalue weighted by Gasteiger charge is -2.00. The number of H-pyrrole nitrogens is 1. The summed E-state index contributed by atoms with van der Waals surface area (Å²) < 4.78 is 0. The molecule has 7 nitrogen and oxygen atoms in total. The number of hydrogen-bond donors (Lipinski definition) is 3. The second-order valence-corrected chi connectivity index (χ2v) is 2.29. The summed E-state index contributed by atoms with van der Waals surface area (Å²) in [6.45, 7) is 3.63. The molecule has 1 heterocycles. The van der Waals surface area contributed by atoms with E-state index in [1.165, 1.54) is 12.4 Å². The first-order valence-corrected chi connectivity index (χ1v) is 3.79. The summed E-state index contributed by atoms with van der Waals surface area (Å²) in [6.07, 6.45) is 2.69. The zero-order chi connectivity index (χ0) is 10.4. The Bertz CT molecular complexity index is 332. The van der Waals surface area contributed by atoms with Crippen LogP contribution in [0, 0.1) is 0 Å². The predicted molar refractivity (Wildman–Crippen MR) is 48.2 cm³/mol. The van der Waals surface area contributed by atoms with Gasteiger partial charge in [0.1, 0.15) is 6.33 Å². The number of nitrogens with zero attached hydrogens (tertiary/aromatic N) is 2. The van der Waals surface area contributed by atoms with Gasteiger partial charge in [-0.25, -0.2) is 5.10 Å². The molecule has 1 aromatic rings. The highest BCUT2D eigenvalue weighted by Gasteiger charge is 2.13. The lowest BCUT2D eigenvalue weighted by Crippen LogP contribution is -2.35. The van der Waals surface area contributed by atoms with Gasteiger partial charge >= 0.3 is 11.8 Å². The van der Waals surface area contributed by atoms with Crippen molar-refractivity contribution in [3.63, 3.8) is 0 Å². The average molecular weight is 195 g/mol. The number of anilines is 1. The van der Waals surface area contributed by atoms with Gasteiger partial charge in [-0.3, -0.25) is 14.9 Å². The molecule has 0 saturated heterocycles. The Morgan fingerprint density at radius 3 is 2.93 bits per heavy atom. The van der Waals surface area contributed by atoms with Gasteiger partial charge in [0.25, 0.3) is 0 Å². The first kappa shape index (κ1) is 9.90. The SMILES string of the molecule is C=CCNC(=O)C(=O)Nc1ncn[nH]1. The molecule has 74 valence electrons. The van der Waals surface area contributed by atoms with E-state index in [2.05, 4.69) is 32.4 Å². The average Bonchev–Trinajstić information content (AvgIpc) is 2.66. The Labute approximate surface area is 79.6 Å². The van der Waals surface area contributed by atoms with Gasteiger partial charge in [0.05, 0.1) is 0 Å². The molecular weight excluding hydrogens is 186 g/mol. The number of aromatic amines is 1. The molecule has 0 fully saturated rings. The van der Waals surface area contributed by atoms with E-state index >= 15 is 0 Å². The van der Waals surface area contributed by atoms with Crippen molar-refractivity contribution in [3.05, 3.63) is 19.0 Å². The van der Waals surface area contributed by atoms with Crippen molar-refractivity contribution in [2.45, 2.75) is 0 Å². The van der Waals surface area contributed by atoms with E-state index in [0.29, 0.717) is 0 Å². The van der Waals surface area contributed by atoms with Crippen molar-refractivity contribution in [2.24, 2.45) is 0 Å². The number of carbonyl (C=O) groups excluding carboxylic acids is 2. The molecule has 0 bridgehead atoms. The minimum atomic E-state index is -0.802. The second-order valence-electron chi connectivity index (χ2n) is 2.29. The number of carbonyl (C=O) groups is 2. The first-order chi connectivity index (χ1) is 6.74. The van der Waals surface area contributed by atoms with Crippen LogP contribution in [0.1, 0.15) is 0 Å². The molecule has 0 atom stereocenters. The minimum Gasteiger partial charge on any atom is -0.344 e. The monoisotopic (exact) mass is 195 g/mol. The molecule has 2 amide bonds. The maximum Gasteiger partial charge on any atom is 0.316 e. The van der Waals surface area contributed by atoms with Gasteiger partial charge in [-0.05, 0) is 0 Å². The van der Waals surface area contributed by atoms with Crippen molar-refractivity contribution < 1.29 is 9.59 Å². The topological polar surface area (TPSA) is 99.8 Å². The Balaban J connectivity index is 2.42. The van der Waals surface area contributed by atoms with Gasteiger partial charge < -0.3 is 5.32 Å². The highest BCUT2D eigenvalue weighted by molar-refractivity contribution is 6.39. The molecule has 0 aliphatic carbocycles. The van der Waals surface area contributed by atoms with Crippen LogP contribution in [0.4, 0.5) is 5.95 Å². The Morgan fingerprint density at radius 1 is 1.57 bits per heavy atom. The quantitative estimate of drug-likeness (QED) is 0.427. The summed E-state index contributed by atoms with van der Waals surface area (Å²) in [4.78, 5) is 25.7. The molecule has 0 spiro atoms. The molecule has 1 aromatic heterocycles. The van der Waals surface area contributed by atoms with Crippen LogP contribution in [-0.2, 0) is 9.59 Å². The first-order valence-electron chi connectivity index (χ1n) is 3.79. The molecule has 0 saturated carbocycles. The Morgan fingerprint density at radius 2 is 2.36 bits per heavy atom. The minimum absolute atomic E-state index is 0.128. The maximum absolute atomic E-state index is 11.1. The van der Waals surface area contributed by atoms with Crippen LogP contribution in [0.2, 0.25) is 0 Å². The van der Waals surface area contributed by atoms with Crippen molar-refractivity contribution in [2.75, 3.05) is 11.9 Å². The van der Waals surface area contributed by atoms with Crippen molar-refractivity contribution in [1.29, 1.82) is 0 Å². The molecule has 0 unspecified atom stereocenters. The van der Waals surface area contributed by atoms with Crippen LogP contribution in [0.15, 0.2) is 19.0 Å². The fourth-order valence-electron chi connectivity index (χ4n) is 0.675. The number of rotatable bonds is 3. The smallest absolute Gasteiger partial charge is 0.316 e. The third-order valence-electron chi connectivity index (χ3n) is 1.26. The van der Waals surface area contributed by atoms with E-state index in [-0.39, 0.29) is 12.5 Å². The predicted octanol–water partition coefficient (Wildman–Crippen LogP) is -0.955. The third kappa shape index (κ3) is 2.70. The Hall–Kier alpha value is -2.18. The van der Waals surface area contributed by atoms with E-state index in [1.54, 1.807) is 0 Å². The van der Waals surface area contributed by atoms with Gasteiger partial charge in [-0.2, -0.15) is 10.1 Å². The lowest BCUT2D eigenvalue weighted by atomic mass is 10.5. The van der Waals surface area contributed by atoms with E-state index in [1.807, 2.05) is 0 Å². The van der Waals surface area contributed by atoms with Crippen molar-refractivity contribution in [1.82, 2.24) is 20.5 Å². The Kier molecular flexibility index (Phi) is 3.36. The molecular formula is C7H9N5O2. The van der Waals surface area contributed by atoms with E-state index in [0.717, 1.165) is 0 Å². The summed E-state index contributed by atoms with van der Waals surface area (Å²) in [5.41, 5.74) is 0. The molecule has 0 aliphatic heterocycles. The van der Waals surface area contributed by atoms with Gasteiger partial charge in [0.15, 0.2) is 0 Å². The van der Waals surface area contributed by atoms with Crippen LogP contribution < -0.4 is 10.6 Å². The summed E-state index contributed by atoms with van der Waals surface area (Å²) in [5, 5.41) is 10.4. The van der Waals surface area contributed by atoms with Gasteiger partial charge in [0.2, 0.25) is 5.95 Å². The number of hydrogen-bond acceptors (Lipinski definition) is 4. The zero-order valence-electron chi connectivity index (χ0n) is 7.28. The lowest BCUT2D eigenvalue weighted by molar-refractivity contribution is -0.136. The van der Waals surface area contributed by atoms with E-state index in [9.17, 15) is 9.59 Å². The summed E-state index contributed by atoms with van der Waals surface area (Å²) in [5.74, 6) is -1.42. The second kappa shape index (κ2) is 4.75. The summed E-state index contributed by atoms with van der Waals surface area (Å²) in [6, 6.07) is 0. The number of nitrogens with one attached hydrogen (secondary N) is 3. The van der Waals surface area contributed by atoms with Crippen LogP contribution in [0.25, 0.3) is 0 Å². The van der Waals surface area contributed by atoms with Crippen LogP contribution in [-0.4, -0.2) is 33.5 Å². The fraction of sp³-hybridized carbons (Fsp3) is 0.143. The van der Waals surface area contributed by atoms with Crippen LogP contribution >= 0.6 is 0 Å². The molecule has 0 aromatic carbocycles. The largest absolute Gasteiger partial charge is 0.344 e. The van der Waals surface area contributed by atoms with Gasteiger partial charge in [-0.1, -0.05) is 6.08 Å². The van der Waals surface area contributed by atoms with Gasteiger partial charge in [-0.15, -0.1) is 6.58 Å². The van der Waals surface area contributed by atoms with Crippen LogP contribution in [0.5, 0.6) is 0 Å². The van der Waals surface area contributed by atoms with E-state index < -0.39 is 11.8 Å². The molecule has 0 radical (unpaired) electrons.